The lowest BCUT2D eigenvalue weighted by Crippen LogP contribution is -2.11. The number of rotatable bonds is 4. The van der Waals surface area contributed by atoms with E-state index in [4.69, 9.17) is 23.2 Å². The molecule has 0 saturated heterocycles. The summed E-state index contributed by atoms with van der Waals surface area (Å²) in [5.74, 6) is -0.416. The lowest BCUT2D eigenvalue weighted by molar-refractivity contribution is 0.102. The molecule has 2 nitrogen and oxygen atoms in total. The van der Waals surface area contributed by atoms with E-state index in [-0.39, 0.29) is 11.5 Å². The van der Waals surface area contributed by atoms with Gasteiger partial charge in [0.2, 0.25) is 0 Å². The first kappa shape index (κ1) is 15.7. The second-order valence-corrected chi connectivity index (χ2v) is 7.20. The van der Waals surface area contributed by atoms with Crippen LogP contribution in [0.1, 0.15) is 10.4 Å². The summed E-state index contributed by atoms with van der Waals surface area (Å²) < 4.78 is 13.0. The fourth-order valence-corrected chi connectivity index (χ4v) is 3.24. The van der Waals surface area contributed by atoms with E-state index in [2.05, 4.69) is 15.9 Å². The summed E-state index contributed by atoms with van der Waals surface area (Å²) in [7, 11) is -1.41. The number of halogens is 3. The van der Waals surface area contributed by atoms with Gasteiger partial charge in [-0.05, 0) is 42.5 Å². The third-order valence-electron chi connectivity index (χ3n) is 2.57. The highest BCUT2D eigenvalue weighted by atomic mass is 79.9. The lowest BCUT2D eigenvalue weighted by atomic mass is 10.1. The number of Topliss-reactive ketones (excluding diaryl/α,β-unsaturated/α-hetero) is 1. The van der Waals surface area contributed by atoms with Gasteiger partial charge in [-0.2, -0.15) is 0 Å². The molecule has 0 spiro atoms. The van der Waals surface area contributed by atoms with Crippen molar-refractivity contribution in [1.82, 2.24) is 0 Å². The molecule has 0 amide bonds. The monoisotopic (exact) mass is 390 g/mol. The average Bonchev–Trinajstić information content (AvgIpc) is 2.42. The molecule has 0 aromatic heterocycles. The summed E-state index contributed by atoms with van der Waals surface area (Å²) in [5.41, 5.74) is 0.296. The molecule has 2 rings (SSSR count). The fourth-order valence-electron chi connectivity index (χ4n) is 1.58. The summed E-state index contributed by atoms with van der Waals surface area (Å²) in [6.45, 7) is 0. The van der Waals surface area contributed by atoms with E-state index in [1.54, 1.807) is 36.4 Å². The number of ketones is 1. The predicted molar refractivity (Wildman–Crippen MR) is 86.2 cm³/mol. The van der Waals surface area contributed by atoms with Crippen LogP contribution in [0.2, 0.25) is 10.0 Å². The molecule has 0 saturated carbocycles. The van der Waals surface area contributed by atoms with E-state index in [0.717, 1.165) is 4.47 Å². The molecule has 0 aliphatic heterocycles. The molecule has 0 radical (unpaired) electrons. The Morgan fingerprint density at radius 3 is 2.40 bits per heavy atom. The standard InChI is InChI=1S/C14H9BrCl2O2S/c15-9-1-4-11(5-2-9)20(19)8-14(18)12-7-10(16)3-6-13(12)17/h1-7H,8H2. The van der Waals surface area contributed by atoms with Gasteiger partial charge in [-0.1, -0.05) is 39.1 Å². The van der Waals surface area contributed by atoms with Gasteiger partial charge in [0.25, 0.3) is 0 Å². The molecule has 0 bridgehead atoms. The van der Waals surface area contributed by atoms with Crippen LogP contribution in [0.4, 0.5) is 0 Å². The molecule has 2 aromatic carbocycles. The van der Waals surface area contributed by atoms with Gasteiger partial charge >= 0.3 is 0 Å². The normalized spacial score (nSPS) is 12.2. The Bertz CT molecular complexity index is 671. The number of benzene rings is 2. The topological polar surface area (TPSA) is 34.1 Å². The second kappa shape index (κ2) is 6.85. The van der Waals surface area contributed by atoms with Gasteiger partial charge in [0.05, 0.1) is 21.6 Å². The van der Waals surface area contributed by atoms with Gasteiger partial charge in [0, 0.05) is 20.0 Å². The van der Waals surface area contributed by atoms with Crippen LogP contribution >= 0.6 is 39.1 Å². The smallest absolute Gasteiger partial charge is 0.177 e. The number of hydrogen-bond donors (Lipinski definition) is 0. The first-order valence-corrected chi connectivity index (χ1v) is 8.46. The Morgan fingerprint density at radius 1 is 1.10 bits per heavy atom. The van der Waals surface area contributed by atoms with E-state index in [1.807, 2.05) is 0 Å². The van der Waals surface area contributed by atoms with Crippen LogP contribution in [0, 0.1) is 0 Å². The minimum atomic E-state index is -1.41. The van der Waals surface area contributed by atoms with Crippen molar-refractivity contribution in [3.8, 4) is 0 Å². The van der Waals surface area contributed by atoms with E-state index >= 15 is 0 Å². The van der Waals surface area contributed by atoms with Crippen LogP contribution in [0.3, 0.4) is 0 Å². The van der Waals surface area contributed by atoms with Gasteiger partial charge in [-0.15, -0.1) is 0 Å². The van der Waals surface area contributed by atoms with Crippen molar-refractivity contribution in [1.29, 1.82) is 0 Å². The Morgan fingerprint density at radius 2 is 1.75 bits per heavy atom. The largest absolute Gasteiger partial charge is 0.293 e. The fraction of sp³-hybridized carbons (Fsp3) is 0.0714. The molecule has 1 atom stereocenters. The Hall–Kier alpha value is -0.680. The molecule has 104 valence electrons. The van der Waals surface area contributed by atoms with Crippen molar-refractivity contribution in [2.24, 2.45) is 0 Å². The average molecular weight is 392 g/mol. The Balaban J connectivity index is 2.17. The zero-order chi connectivity index (χ0) is 14.7. The first-order valence-electron chi connectivity index (χ1n) is 5.59. The van der Waals surface area contributed by atoms with E-state index in [0.29, 0.717) is 20.5 Å². The highest BCUT2D eigenvalue weighted by Crippen LogP contribution is 2.22. The van der Waals surface area contributed by atoms with Crippen molar-refractivity contribution >= 4 is 55.7 Å². The first-order chi connectivity index (χ1) is 9.47. The predicted octanol–water partition coefficient (Wildman–Crippen LogP) is 4.75. The number of hydrogen-bond acceptors (Lipinski definition) is 2. The van der Waals surface area contributed by atoms with Crippen molar-refractivity contribution < 1.29 is 9.00 Å². The van der Waals surface area contributed by atoms with Gasteiger partial charge in [0.1, 0.15) is 0 Å². The zero-order valence-electron chi connectivity index (χ0n) is 10.1. The molecular formula is C14H9BrCl2O2S. The summed E-state index contributed by atoms with van der Waals surface area (Å²) in [6.07, 6.45) is 0. The van der Waals surface area contributed by atoms with Crippen LogP contribution in [-0.2, 0) is 10.8 Å². The number of carbonyl (C=O) groups is 1. The van der Waals surface area contributed by atoms with E-state index < -0.39 is 10.8 Å². The van der Waals surface area contributed by atoms with Crippen LogP contribution < -0.4 is 0 Å². The molecule has 6 heteroatoms. The third kappa shape index (κ3) is 3.92. The third-order valence-corrected chi connectivity index (χ3v) is 4.98. The molecule has 0 N–H and O–H groups in total. The number of carbonyl (C=O) groups excluding carboxylic acids is 1. The minimum Gasteiger partial charge on any atom is -0.293 e. The maximum absolute atomic E-state index is 12.1. The summed E-state index contributed by atoms with van der Waals surface area (Å²) in [5, 5.41) is 0.736. The van der Waals surface area contributed by atoms with Crippen LogP contribution in [0.5, 0.6) is 0 Å². The lowest BCUT2D eigenvalue weighted by Gasteiger charge is -2.05. The second-order valence-electron chi connectivity index (χ2n) is 3.99. The zero-order valence-corrected chi connectivity index (χ0v) is 14.0. The summed E-state index contributed by atoms with van der Waals surface area (Å²) in [4.78, 5) is 12.7. The quantitative estimate of drug-likeness (QED) is 0.705. The highest BCUT2D eigenvalue weighted by Gasteiger charge is 2.15. The molecule has 1 unspecified atom stereocenters. The van der Waals surface area contributed by atoms with Crippen LogP contribution in [0.25, 0.3) is 0 Å². The van der Waals surface area contributed by atoms with Crippen molar-refractivity contribution in [2.75, 3.05) is 5.75 Å². The Kier molecular flexibility index (Phi) is 5.38. The van der Waals surface area contributed by atoms with Crippen LogP contribution in [-0.4, -0.2) is 15.7 Å². The van der Waals surface area contributed by atoms with Crippen molar-refractivity contribution in [3.05, 3.63) is 62.5 Å². The molecule has 2 aromatic rings. The summed E-state index contributed by atoms with van der Waals surface area (Å²) in [6, 6.07) is 11.6. The van der Waals surface area contributed by atoms with Gasteiger partial charge in [-0.25, -0.2) is 0 Å². The molecule has 0 aliphatic rings. The van der Waals surface area contributed by atoms with Gasteiger partial charge in [-0.3, -0.25) is 9.00 Å². The molecule has 0 fully saturated rings. The SMILES string of the molecule is O=C(CS(=O)c1ccc(Br)cc1)c1cc(Cl)ccc1Cl. The maximum atomic E-state index is 12.1. The van der Waals surface area contributed by atoms with Gasteiger partial charge < -0.3 is 0 Å². The van der Waals surface area contributed by atoms with E-state index in [1.165, 1.54) is 6.07 Å². The highest BCUT2D eigenvalue weighted by molar-refractivity contribution is 9.10. The summed E-state index contributed by atoms with van der Waals surface area (Å²) >= 11 is 15.1. The van der Waals surface area contributed by atoms with Crippen molar-refractivity contribution in [3.63, 3.8) is 0 Å². The van der Waals surface area contributed by atoms with E-state index in [9.17, 15) is 9.00 Å². The maximum Gasteiger partial charge on any atom is 0.177 e. The molecule has 0 heterocycles. The van der Waals surface area contributed by atoms with Gasteiger partial charge in [0.15, 0.2) is 5.78 Å². The molecule has 20 heavy (non-hydrogen) atoms. The Labute approximate surface area is 137 Å². The molecular weight excluding hydrogens is 383 g/mol. The van der Waals surface area contributed by atoms with Crippen molar-refractivity contribution in [2.45, 2.75) is 4.90 Å². The van der Waals surface area contributed by atoms with Crippen LogP contribution in [0.15, 0.2) is 51.8 Å². The minimum absolute atomic E-state index is 0.123. The molecule has 0 aliphatic carbocycles.